The zero-order valence-corrected chi connectivity index (χ0v) is 6.34. The first kappa shape index (κ1) is 11.8. The van der Waals surface area contributed by atoms with E-state index in [1.54, 1.807) is 12.1 Å². The van der Waals surface area contributed by atoms with Gasteiger partial charge in [-0.2, -0.15) is 5.26 Å². The van der Waals surface area contributed by atoms with Crippen molar-refractivity contribution in [3.63, 3.8) is 0 Å². The summed E-state index contributed by atoms with van der Waals surface area (Å²) in [6.45, 7) is 0. The Labute approximate surface area is 95.0 Å². The SMILES string of the molecule is N#Cc1cccc(S(=O)O)c1.[NaH]. The van der Waals surface area contributed by atoms with E-state index in [4.69, 9.17) is 9.81 Å². The van der Waals surface area contributed by atoms with Gasteiger partial charge in [0.1, 0.15) is 0 Å². The van der Waals surface area contributed by atoms with E-state index in [2.05, 4.69) is 0 Å². The van der Waals surface area contributed by atoms with E-state index in [-0.39, 0.29) is 34.5 Å². The molecule has 1 unspecified atom stereocenters. The molecule has 12 heavy (non-hydrogen) atoms. The van der Waals surface area contributed by atoms with Crippen molar-refractivity contribution in [1.82, 2.24) is 0 Å². The van der Waals surface area contributed by atoms with E-state index in [1.165, 1.54) is 12.1 Å². The van der Waals surface area contributed by atoms with Crippen LogP contribution in [0, 0.1) is 11.3 Å². The predicted octanol–water partition coefficient (Wildman–Crippen LogP) is 0.490. The van der Waals surface area contributed by atoms with Crippen LogP contribution in [0.25, 0.3) is 0 Å². The van der Waals surface area contributed by atoms with Gasteiger partial charge in [0.2, 0.25) is 0 Å². The van der Waals surface area contributed by atoms with Crippen molar-refractivity contribution in [2.75, 3.05) is 0 Å². The van der Waals surface area contributed by atoms with Crippen molar-refractivity contribution in [1.29, 1.82) is 5.26 Å². The average Bonchev–Trinajstić information content (AvgIpc) is 2.05. The molecule has 0 spiro atoms. The Morgan fingerprint density at radius 2 is 2.17 bits per heavy atom. The Morgan fingerprint density at radius 3 is 2.67 bits per heavy atom. The molecule has 0 aromatic heterocycles. The molecule has 58 valence electrons. The van der Waals surface area contributed by atoms with E-state index in [0.717, 1.165) is 0 Å². The van der Waals surface area contributed by atoms with Gasteiger partial charge in [-0.1, -0.05) is 6.07 Å². The molecule has 3 nitrogen and oxygen atoms in total. The van der Waals surface area contributed by atoms with E-state index in [1.807, 2.05) is 6.07 Å². The third-order valence-corrected chi connectivity index (χ3v) is 1.82. The zero-order chi connectivity index (χ0) is 8.27. The van der Waals surface area contributed by atoms with Gasteiger partial charge < -0.3 is 4.55 Å². The second-order valence-corrected chi connectivity index (χ2v) is 2.86. The van der Waals surface area contributed by atoms with Crippen LogP contribution in [0.1, 0.15) is 5.56 Å². The summed E-state index contributed by atoms with van der Waals surface area (Å²) in [5.41, 5.74) is 0.393. The Bertz CT molecular complexity index is 334. The molecule has 0 saturated heterocycles. The van der Waals surface area contributed by atoms with Crippen LogP contribution in [-0.4, -0.2) is 38.3 Å². The molecule has 1 atom stereocenters. The molecule has 5 heteroatoms. The van der Waals surface area contributed by atoms with Crippen LogP contribution < -0.4 is 0 Å². The minimum atomic E-state index is -1.99. The molecular weight excluding hydrogens is 185 g/mol. The molecule has 1 aromatic carbocycles. The van der Waals surface area contributed by atoms with Gasteiger partial charge in [0.15, 0.2) is 11.1 Å². The molecule has 1 rings (SSSR count). The molecule has 0 fully saturated rings. The van der Waals surface area contributed by atoms with Crippen LogP contribution in [-0.2, 0) is 11.1 Å². The van der Waals surface area contributed by atoms with Crippen molar-refractivity contribution in [3.8, 4) is 6.07 Å². The van der Waals surface area contributed by atoms with Gasteiger partial charge in [-0.15, -0.1) is 0 Å². The second kappa shape index (κ2) is 5.46. The number of nitriles is 1. The summed E-state index contributed by atoms with van der Waals surface area (Å²) in [5.74, 6) is 0. The van der Waals surface area contributed by atoms with Gasteiger partial charge >= 0.3 is 29.6 Å². The predicted molar refractivity (Wildman–Crippen MR) is 47.3 cm³/mol. The van der Waals surface area contributed by atoms with Gasteiger partial charge in [0, 0.05) is 0 Å². The fourth-order valence-electron chi connectivity index (χ4n) is 0.674. The Hall–Kier alpha value is -0.180. The van der Waals surface area contributed by atoms with Crippen molar-refractivity contribution in [3.05, 3.63) is 29.8 Å². The maximum atomic E-state index is 10.5. The molecule has 0 amide bonds. The molecule has 1 N–H and O–H groups in total. The first-order chi connectivity index (χ1) is 5.24. The Balaban J connectivity index is 0.00000121. The monoisotopic (exact) mass is 191 g/mol. The second-order valence-electron chi connectivity index (χ2n) is 1.89. The number of hydrogen-bond acceptors (Lipinski definition) is 2. The third-order valence-electron chi connectivity index (χ3n) is 1.16. The van der Waals surface area contributed by atoms with Crippen LogP contribution in [0.3, 0.4) is 0 Å². The zero-order valence-electron chi connectivity index (χ0n) is 5.52. The first-order valence-electron chi connectivity index (χ1n) is 2.85. The quantitative estimate of drug-likeness (QED) is 0.519. The van der Waals surface area contributed by atoms with Crippen LogP contribution in [0.4, 0.5) is 0 Å². The Morgan fingerprint density at radius 1 is 1.50 bits per heavy atom. The third kappa shape index (κ3) is 3.05. The van der Waals surface area contributed by atoms with E-state index < -0.39 is 11.1 Å². The number of benzene rings is 1. The molecule has 0 aliphatic heterocycles. The minimum absolute atomic E-state index is 0. The van der Waals surface area contributed by atoms with E-state index >= 15 is 0 Å². The molecule has 0 aliphatic carbocycles. The van der Waals surface area contributed by atoms with Gasteiger partial charge in [0.05, 0.1) is 16.5 Å². The van der Waals surface area contributed by atoms with E-state index in [9.17, 15) is 4.21 Å². The van der Waals surface area contributed by atoms with Gasteiger partial charge in [-0.25, -0.2) is 4.21 Å². The first-order valence-corrected chi connectivity index (χ1v) is 3.96. The molecule has 0 bridgehead atoms. The van der Waals surface area contributed by atoms with Crippen molar-refractivity contribution < 1.29 is 8.76 Å². The molecule has 1 aromatic rings. The summed E-state index contributed by atoms with van der Waals surface area (Å²) < 4.78 is 19.1. The standard InChI is InChI=1S/C7H5NO2S.Na.H/c8-5-6-2-1-3-7(4-6)11(9)10;;/h1-4H,(H,9,10);;. The average molecular weight is 191 g/mol. The summed E-state index contributed by atoms with van der Waals surface area (Å²) in [7, 11) is 0. The van der Waals surface area contributed by atoms with Crippen LogP contribution >= 0.6 is 0 Å². The van der Waals surface area contributed by atoms with Crippen LogP contribution in [0.2, 0.25) is 0 Å². The van der Waals surface area contributed by atoms with Crippen LogP contribution in [0.5, 0.6) is 0 Å². The van der Waals surface area contributed by atoms with Crippen molar-refractivity contribution in [2.45, 2.75) is 4.90 Å². The topological polar surface area (TPSA) is 61.1 Å². The van der Waals surface area contributed by atoms with Crippen molar-refractivity contribution in [2.24, 2.45) is 0 Å². The molecule has 0 saturated carbocycles. The fourth-order valence-corrected chi connectivity index (χ4v) is 1.10. The van der Waals surface area contributed by atoms with E-state index in [0.29, 0.717) is 5.56 Å². The summed E-state index contributed by atoms with van der Waals surface area (Å²) in [5, 5.41) is 8.41. The summed E-state index contributed by atoms with van der Waals surface area (Å²) in [4.78, 5) is 0.254. The van der Waals surface area contributed by atoms with Gasteiger partial charge in [-0.3, -0.25) is 0 Å². The number of hydrogen-bond donors (Lipinski definition) is 1. The number of rotatable bonds is 1. The summed E-state index contributed by atoms with van der Waals surface area (Å²) >= 11 is -1.99. The number of nitrogens with zero attached hydrogens (tertiary/aromatic N) is 1. The normalized spacial score (nSPS) is 11.0. The summed E-state index contributed by atoms with van der Waals surface area (Å²) in [6, 6.07) is 7.91. The Kier molecular flexibility index (Phi) is 5.38. The molecule has 0 heterocycles. The molecule has 0 radical (unpaired) electrons. The van der Waals surface area contributed by atoms with Gasteiger partial charge in [-0.05, 0) is 18.2 Å². The fraction of sp³-hybridized carbons (Fsp3) is 0. The summed E-state index contributed by atoms with van der Waals surface area (Å²) in [6.07, 6.45) is 0. The van der Waals surface area contributed by atoms with Gasteiger partial charge in [0.25, 0.3) is 0 Å². The van der Waals surface area contributed by atoms with Crippen LogP contribution in [0.15, 0.2) is 29.2 Å². The molecule has 0 aliphatic rings. The molecular formula is C7H6NNaO2S. The van der Waals surface area contributed by atoms with Crippen molar-refractivity contribution >= 4 is 40.6 Å². The maximum absolute atomic E-state index is 10.5.